The summed E-state index contributed by atoms with van der Waals surface area (Å²) in [5.41, 5.74) is 0. The van der Waals surface area contributed by atoms with Gasteiger partial charge in [0, 0.05) is 6.61 Å². The molecule has 0 unspecified atom stereocenters. The van der Waals surface area contributed by atoms with Gasteiger partial charge in [-0.25, -0.2) is 0 Å². The van der Waals surface area contributed by atoms with Crippen LogP contribution >= 0.6 is 12.4 Å². The van der Waals surface area contributed by atoms with Crippen molar-refractivity contribution in [1.82, 2.24) is 0 Å². The first-order chi connectivity index (χ1) is 1.41. The quantitative estimate of drug-likeness (QED) is 0.494. The summed E-state index contributed by atoms with van der Waals surface area (Å²) >= 11 is 0. The predicted octanol–water partition coefficient (Wildman–Crippen LogP) is -2.15. The fourth-order valence-electron chi connectivity index (χ4n) is 0. The molecule has 0 aromatic carbocycles. The summed E-state index contributed by atoms with van der Waals surface area (Å²) in [7, 11) is 0. The van der Waals surface area contributed by atoms with E-state index in [1.165, 1.54) is 0 Å². The molecule has 0 aromatic rings. The molecular formula is C2H13BaClO3. The molecule has 0 aliphatic heterocycles. The van der Waals surface area contributed by atoms with Crippen LogP contribution in [0.15, 0.2) is 0 Å². The second kappa shape index (κ2) is 46.8. The van der Waals surface area contributed by atoms with Crippen LogP contribution in [-0.2, 0) is 0 Å². The normalized spacial score (nSPS) is 2.57. The molecule has 5 N–H and O–H groups in total. The van der Waals surface area contributed by atoms with Gasteiger partial charge in [0.1, 0.15) is 0 Å². The van der Waals surface area contributed by atoms with Gasteiger partial charge >= 0.3 is 48.9 Å². The maximum absolute atomic E-state index is 7.57. The summed E-state index contributed by atoms with van der Waals surface area (Å²) in [6.07, 6.45) is 0. The van der Waals surface area contributed by atoms with E-state index in [4.69, 9.17) is 5.11 Å². The molecule has 0 atom stereocenters. The van der Waals surface area contributed by atoms with Crippen LogP contribution in [0.2, 0.25) is 0 Å². The van der Waals surface area contributed by atoms with Crippen LogP contribution in [0.4, 0.5) is 0 Å². The number of aliphatic hydroxyl groups is 1. The molecule has 3 nitrogen and oxygen atoms in total. The number of aliphatic hydroxyl groups excluding tert-OH is 1. The van der Waals surface area contributed by atoms with Crippen molar-refractivity contribution in [1.29, 1.82) is 0 Å². The topological polar surface area (TPSA) is 83.2 Å². The van der Waals surface area contributed by atoms with Gasteiger partial charge in [0.2, 0.25) is 0 Å². The summed E-state index contributed by atoms with van der Waals surface area (Å²) < 4.78 is 0. The summed E-state index contributed by atoms with van der Waals surface area (Å²) in [5, 5.41) is 7.57. The van der Waals surface area contributed by atoms with Gasteiger partial charge in [-0.05, 0) is 6.92 Å². The van der Waals surface area contributed by atoms with Gasteiger partial charge in [-0.1, -0.05) is 0 Å². The molecule has 0 spiro atoms. The van der Waals surface area contributed by atoms with Crippen LogP contribution in [0.3, 0.4) is 0 Å². The van der Waals surface area contributed by atoms with E-state index in [-0.39, 0.29) is 78.8 Å². The number of rotatable bonds is 0. The third-order valence-corrected chi connectivity index (χ3v) is 0. The van der Waals surface area contributed by atoms with Crippen molar-refractivity contribution < 1.29 is 16.1 Å². The first-order valence-electron chi connectivity index (χ1n) is 1.02. The summed E-state index contributed by atoms with van der Waals surface area (Å²) in [4.78, 5) is 0. The Kier molecular flexibility index (Phi) is 250. The summed E-state index contributed by atoms with van der Waals surface area (Å²) in [6, 6.07) is 0. The zero-order chi connectivity index (χ0) is 2.71. The number of hydrogen-bond acceptors (Lipinski definition) is 1. The van der Waals surface area contributed by atoms with E-state index in [1.807, 2.05) is 0 Å². The van der Waals surface area contributed by atoms with Crippen molar-refractivity contribution in [2.24, 2.45) is 0 Å². The molecule has 7 heavy (non-hydrogen) atoms. The minimum atomic E-state index is 0. The Morgan fingerprint density at radius 3 is 1.29 bits per heavy atom. The van der Waals surface area contributed by atoms with Gasteiger partial charge in [0.15, 0.2) is 0 Å². The fourth-order valence-corrected chi connectivity index (χ4v) is 0. The van der Waals surface area contributed by atoms with E-state index in [0.29, 0.717) is 0 Å². The monoisotopic (exact) mass is 258 g/mol. The Balaban J connectivity index is -0.00000000333. The molecule has 0 aliphatic carbocycles. The Bertz CT molecular complexity index is 12.9. The average Bonchev–Trinajstić information content (AvgIpc) is 0.918. The molecular weight excluding hydrogens is 245 g/mol. The Morgan fingerprint density at radius 2 is 1.29 bits per heavy atom. The molecule has 0 heterocycles. The van der Waals surface area contributed by atoms with Crippen molar-refractivity contribution in [2.45, 2.75) is 6.92 Å². The van der Waals surface area contributed by atoms with Gasteiger partial charge in [-0.15, -0.1) is 12.4 Å². The second-order valence-corrected chi connectivity index (χ2v) is 0.316. The van der Waals surface area contributed by atoms with Crippen molar-refractivity contribution >= 4 is 61.3 Å². The molecule has 5 heteroatoms. The van der Waals surface area contributed by atoms with Crippen LogP contribution < -0.4 is 0 Å². The predicted molar refractivity (Wildman–Crippen MR) is 35.8 cm³/mol. The molecule has 0 aromatic heterocycles. The Labute approximate surface area is 89.6 Å². The van der Waals surface area contributed by atoms with Crippen LogP contribution in [0.5, 0.6) is 0 Å². The van der Waals surface area contributed by atoms with E-state index in [1.54, 1.807) is 6.92 Å². The first-order valence-corrected chi connectivity index (χ1v) is 1.02. The second-order valence-electron chi connectivity index (χ2n) is 0.316. The zero-order valence-corrected chi connectivity index (χ0v) is 4.38. The first kappa shape index (κ1) is 37.4. The van der Waals surface area contributed by atoms with Gasteiger partial charge in [0.25, 0.3) is 0 Å². The minimum absolute atomic E-state index is 0. The molecule has 0 bridgehead atoms. The van der Waals surface area contributed by atoms with E-state index in [9.17, 15) is 0 Å². The van der Waals surface area contributed by atoms with Gasteiger partial charge in [-0.3, -0.25) is 0 Å². The number of hydrogen-bond donors (Lipinski definition) is 1. The summed E-state index contributed by atoms with van der Waals surface area (Å²) in [5.74, 6) is 0. The molecule has 0 saturated heterocycles. The van der Waals surface area contributed by atoms with E-state index in [2.05, 4.69) is 0 Å². The Hall–Kier alpha value is 1.74. The van der Waals surface area contributed by atoms with Crippen molar-refractivity contribution in [3.05, 3.63) is 0 Å². The standard InChI is InChI=1S/C2H6O.Ba.ClH.2H2O.2H/c1-2-3;;;;;;/h3H,2H2,1H3;;1H;2*1H2;;. The van der Waals surface area contributed by atoms with Crippen LogP contribution in [0.25, 0.3) is 0 Å². The van der Waals surface area contributed by atoms with Gasteiger partial charge in [-0.2, -0.15) is 0 Å². The fraction of sp³-hybridized carbons (Fsp3) is 1.00. The van der Waals surface area contributed by atoms with Crippen LogP contribution in [0.1, 0.15) is 6.92 Å². The Morgan fingerprint density at radius 1 is 1.29 bits per heavy atom. The van der Waals surface area contributed by atoms with Crippen LogP contribution in [-0.4, -0.2) is 71.5 Å². The van der Waals surface area contributed by atoms with Crippen molar-refractivity contribution in [2.75, 3.05) is 6.61 Å². The SMILES string of the molecule is CCO.Cl.O.O.[BaH2]. The average molecular weight is 258 g/mol. The molecule has 0 radical (unpaired) electrons. The molecule has 0 aliphatic rings. The van der Waals surface area contributed by atoms with Gasteiger partial charge in [0.05, 0.1) is 0 Å². The van der Waals surface area contributed by atoms with Crippen LogP contribution in [0, 0.1) is 0 Å². The van der Waals surface area contributed by atoms with Crippen molar-refractivity contribution in [3.63, 3.8) is 0 Å². The van der Waals surface area contributed by atoms with E-state index in [0.717, 1.165) is 0 Å². The zero-order valence-electron chi connectivity index (χ0n) is 3.56. The van der Waals surface area contributed by atoms with Gasteiger partial charge < -0.3 is 16.1 Å². The molecule has 0 amide bonds. The maximum atomic E-state index is 7.57. The van der Waals surface area contributed by atoms with E-state index >= 15 is 0 Å². The number of halogens is 1. The van der Waals surface area contributed by atoms with E-state index < -0.39 is 0 Å². The third-order valence-electron chi connectivity index (χ3n) is 0. The third kappa shape index (κ3) is 84.1. The van der Waals surface area contributed by atoms with Crippen molar-refractivity contribution in [3.8, 4) is 0 Å². The molecule has 0 saturated carbocycles. The summed E-state index contributed by atoms with van der Waals surface area (Å²) in [6.45, 7) is 1.93. The molecule has 0 rings (SSSR count). The molecule has 0 fully saturated rings. The molecule has 48 valence electrons.